The highest BCUT2D eigenvalue weighted by atomic mass is 32.2. The first-order valence-electron chi connectivity index (χ1n) is 11.3. The molecule has 3 aromatic rings. The maximum Gasteiger partial charge on any atom is 0.233 e. The van der Waals surface area contributed by atoms with Crippen LogP contribution in [0.15, 0.2) is 47.3 Å². The van der Waals surface area contributed by atoms with E-state index in [4.69, 9.17) is 0 Å². The normalized spacial score (nSPS) is 17.5. The molecule has 0 saturated heterocycles. The second-order valence-corrected chi connectivity index (χ2v) is 9.87. The Labute approximate surface area is 186 Å². The van der Waals surface area contributed by atoms with E-state index >= 15 is 0 Å². The van der Waals surface area contributed by atoms with E-state index in [1.54, 1.807) is 0 Å². The van der Waals surface area contributed by atoms with Crippen LogP contribution in [-0.4, -0.2) is 37.5 Å². The maximum atomic E-state index is 12.7. The zero-order valence-electron chi connectivity index (χ0n) is 17.9. The number of aromatic nitrogens is 4. The van der Waals surface area contributed by atoms with Crippen LogP contribution >= 0.6 is 11.8 Å². The number of hydrogen-bond acceptors (Lipinski definition) is 4. The van der Waals surface area contributed by atoms with Gasteiger partial charge in [0.25, 0.3) is 0 Å². The lowest BCUT2D eigenvalue weighted by Gasteiger charge is -2.15. The van der Waals surface area contributed by atoms with Crippen molar-refractivity contribution in [2.75, 3.05) is 6.54 Å². The van der Waals surface area contributed by atoms with E-state index in [1.807, 2.05) is 25.3 Å². The van der Waals surface area contributed by atoms with Crippen LogP contribution in [0.2, 0.25) is 0 Å². The monoisotopic (exact) mass is 435 g/mol. The van der Waals surface area contributed by atoms with E-state index in [1.165, 1.54) is 43.0 Å². The van der Waals surface area contributed by atoms with Crippen molar-refractivity contribution in [1.29, 1.82) is 0 Å². The topological polar surface area (TPSA) is 75.6 Å². The second kappa shape index (κ2) is 8.91. The van der Waals surface area contributed by atoms with Gasteiger partial charge in [0, 0.05) is 35.2 Å². The van der Waals surface area contributed by atoms with Crippen LogP contribution in [0.5, 0.6) is 0 Å². The van der Waals surface area contributed by atoms with Crippen LogP contribution in [0.1, 0.15) is 57.9 Å². The summed E-state index contributed by atoms with van der Waals surface area (Å²) < 4.78 is 2.23. The van der Waals surface area contributed by atoms with Crippen molar-refractivity contribution in [3.05, 3.63) is 42.1 Å². The lowest BCUT2D eigenvalue weighted by Crippen LogP contribution is -2.32. The zero-order chi connectivity index (χ0) is 21.2. The number of thioether (sulfide) groups is 1. The summed E-state index contributed by atoms with van der Waals surface area (Å²) in [4.78, 5) is 16.0. The molecule has 2 heterocycles. The summed E-state index contributed by atoms with van der Waals surface area (Å²) in [6, 6.07) is 8.68. The van der Waals surface area contributed by atoms with Crippen molar-refractivity contribution in [3.63, 3.8) is 0 Å². The van der Waals surface area contributed by atoms with Gasteiger partial charge in [0.15, 0.2) is 11.0 Å². The molecule has 1 amide bonds. The van der Waals surface area contributed by atoms with Gasteiger partial charge in [0.2, 0.25) is 5.91 Å². The standard InChI is InChI=1S/C24H29N5OS/c1-16(23(30)25-14-13-17-7-3-2-4-8-17)31-24-28-27-22(29(24)18-11-12-18)20-15-26-21-10-6-5-9-19(20)21/h5-7,9-10,15-16,18,26H,2-4,8,11-14H2,1H3,(H,25,30). The molecule has 5 rings (SSSR count). The number of rotatable bonds is 8. The lowest BCUT2D eigenvalue weighted by molar-refractivity contribution is -0.120. The first-order valence-corrected chi connectivity index (χ1v) is 12.2. The van der Waals surface area contributed by atoms with E-state index in [9.17, 15) is 4.79 Å². The molecule has 1 unspecified atom stereocenters. The third kappa shape index (κ3) is 4.42. The molecule has 6 nitrogen and oxygen atoms in total. The number of aromatic amines is 1. The van der Waals surface area contributed by atoms with Gasteiger partial charge in [-0.2, -0.15) is 0 Å². The van der Waals surface area contributed by atoms with E-state index < -0.39 is 0 Å². The highest BCUT2D eigenvalue weighted by Crippen LogP contribution is 2.42. The number of carbonyl (C=O) groups excluding carboxylic acids is 1. The molecular formula is C24H29N5OS. The number of amides is 1. The van der Waals surface area contributed by atoms with Gasteiger partial charge in [-0.25, -0.2) is 0 Å². The summed E-state index contributed by atoms with van der Waals surface area (Å²) in [6.45, 7) is 2.67. The predicted molar refractivity (Wildman–Crippen MR) is 125 cm³/mol. The van der Waals surface area contributed by atoms with Gasteiger partial charge < -0.3 is 10.3 Å². The van der Waals surface area contributed by atoms with E-state index in [2.05, 4.69) is 43.3 Å². The Morgan fingerprint density at radius 1 is 1.29 bits per heavy atom. The Kier molecular flexibility index (Phi) is 5.85. The number of hydrogen-bond donors (Lipinski definition) is 2. The molecular weight excluding hydrogens is 406 g/mol. The summed E-state index contributed by atoms with van der Waals surface area (Å²) >= 11 is 1.51. The summed E-state index contributed by atoms with van der Waals surface area (Å²) in [7, 11) is 0. The van der Waals surface area contributed by atoms with Gasteiger partial charge in [0.05, 0.1) is 5.25 Å². The fourth-order valence-corrected chi connectivity index (χ4v) is 5.24. The fourth-order valence-electron chi connectivity index (χ4n) is 4.29. The average Bonchev–Trinajstić information content (AvgIpc) is 3.41. The molecule has 2 N–H and O–H groups in total. The number of H-pyrrole nitrogens is 1. The third-order valence-corrected chi connectivity index (χ3v) is 7.25. The summed E-state index contributed by atoms with van der Waals surface area (Å²) in [5.74, 6) is 0.958. The Morgan fingerprint density at radius 3 is 2.97 bits per heavy atom. The Morgan fingerprint density at radius 2 is 2.16 bits per heavy atom. The van der Waals surface area contributed by atoms with Crippen LogP contribution in [0.4, 0.5) is 0 Å². The van der Waals surface area contributed by atoms with Crippen molar-refractivity contribution < 1.29 is 4.79 Å². The SMILES string of the molecule is CC(Sc1nnc(-c2c[nH]c3ccccc23)n1C1CC1)C(=O)NCCC1=CCCCC1. The van der Waals surface area contributed by atoms with Gasteiger partial charge in [-0.3, -0.25) is 9.36 Å². The molecule has 1 saturated carbocycles. The fraction of sp³-hybridized carbons (Fsp3) is 0.458. The van der Waals surface area contributed by atoms with Crippen LogP contribution in [-0.2, 0) is 4.79 Å². The molecule has 2 aliphatic rings. The molecule has 0 aliphatic heterocycles. The molecule has 162 valence electrons. The molecule has 1 fully saturated rings. The Balaban J connectivity index is 1.28. The number of carbonyl (C=O) groups is 1. The van der Waals surface area contributed by atoms with Gasteiger partial charge in [-0.05, 0) is 57.9 Å². The molecule has 0 radical (unpaired) electrons. The molecule has 0 spiro atoms. The van der Waals surface area contributed by atoms with Crippen molar-refractivity contribution in [2.45, 2.75) is 68.3 Å². The number of allylic oxidation sites excluding steroid dienone is 1. The number of para-hydroxylation sites is 1. The predicted octanol–water partition coefficient (Wildman–Crippen LogP) is 5.25. The second-order valence-electron chi connectivity index (χ2n) is 8.56. The molecule has 2 aliphatic carbocycles. The molecule has 0 bridgehead atoms. The van der Waals surface area contributed by atoms with Crippen LogP contribution in [0.3, 0.4) is 0 Å². The van der Waals surface area contributed by atoms with Crippen LogP contribution < -0.4 is 5.32 Å². The molecule has 1 atom stereocenters. The highest BCUT2D eigenvalue weighted by molar-refractivity contribution is 8.00. The number of nitrogens with one attached hydrogen (secondary N) is 2. The minimum Gasteiger partial charge on any atom is -0.360 e. The van der Waals surface area contributed by atoms with Gasteiger partial charge in [-0.1, -0.05) is 41.6 Å². The minimum atomic E-state index is -0.210. The van der Waals surface area contributed by atoms with E-state index in [0.29, 0.717) is 12.6 Å². The molecule has 2 aromatic heterocycles. The van der Waals surface area contributed by atoms with Crippen LogP contribution in [0.25, 0.3) is 22.3 Å². The number of fused-ring (bicyclic) bond motifs is 1. The Bertz CT molecular complexity index is 1110. The molecule has 1 aromatic carbocycles. The molecule has 31 heavy (non-hydrogen) atoms. The summed E-state index contributed by atoms with van der Waals surface area (Å²) in [5, 5.41) is 13.9. The summed E-state index contributed by atoms with van der Waals surface area (Å²) in [6.07, 6.45) is 12.5. The summed E-state index contributed by atoms with van der Waals surface area (Å²) in [5.41, 5.74) is 3.65. The largest absolute Gasteiger partial charge is 0.360 e. The third-order valence-electron chi connectivity index (χ3n) is 6.19. The molecule has 7 heteroatoms. The van der Waals surface area contributed by atoms with Crippen molar-refractivity contribution in [1.82, 2.24) is 25.1 Å². The van der Waals surface area contributed by atoms with Crippen molar-refractivity contribution >= 4 is 28.6 Å². The lowest BCUT2D eigenvalue weighted by atomic mass is 9.97. The highest BCUT2D eigenvalue weighted by Gasteiger charge is 2.32. The van der Waals surface area contributed by atoms with Crippen molar-refractivity contribution in [3.8, 4) is 11.4 Å². The number of nitrogens with zero attached hydrogens (tertiary/aromatic N) is 3. The van der Waals surface area contributed by atoms with Gasteiger partial charge >= 0.3 is 0 Å². The van der Waals surface area contributed by atoms with Gasteiger partial charge in [-0.15, -0.1) is 10.2 Å². The van der Waals surface area contributed by atoms with Crippen molar-refractivity contribution in [2.24, 2.45) is 0 Å². The van der Waals surface area contributed by atoms with Crippen LogP contribution in [0, 0.1) is 0 Å². The average molecular weight is 436 g/mol. The number of benzene rings is 1. The first-order chi connectivity index (χ1) is 15.2. The smallest absolute Gasteiger partial charge is 0.233 e. The minimum absolute atomic E-state index is 0.0698. The van der Waals surface area contributed by atoms with E-state index in [-0.39, 0.29) is 11.2 Å². The quantitative estimate of drug-likeness (QED) is 0.374. The maximum absolute atomic E-state index is 12.7. The Hall–Kier alpha value is -2.54. The first kappa shape index (κ1) is 20.4. The van der Waals surface area contributed by atoms with Gasteiger partial charge in [0.1, 0.15) is 0 Å². The van der Waals surface area contributed by atoms with E-state index in [0.717, 1.165) is 46.7 Å². The zero-order valence-corrected chi connectivity index (χ0v) is 18.8.